The quantitative estimate of drug-likeness (QED) is 0.876. The van der Waals surface area contributed by atoms with E-state index in [-0.39, 0.29) is 23.9 Å². The van der Waals surface area contributed by atoms with Crippen molar-refractivity contribution in [3.8, 4) is 0 Å². The van der Waals surface area contributed by atoms with E-state index in [9.17, 15) is 8.42 Å². The number of rotatable bonds is 4. The fourth-order valence-corrected chi connectivity index (χ4v) is 5.36. The second kappa shape index (κ2) is 6.96. The second-order valence-corrected chi connectivity index (χ2v) is 9.42. The van der Waals surface area contributed by atoms with E-state index < -0.39 is 10.0 Å². The Balaban J connectivity index is 0.00000220. The van der Waals surface area contributed by atoms with Gasteiger partial charge in [0.2, 0.25) is 10.0 Å². The number of piperidine rings is 1. The summed E-state index contributed by atoms with van der Waals surface area (Å²) in [5, 5.41) is 3.43. The molecular formula is C14H25ClN2O2S2. The molecule has 7 heteroatoms. The van der Waals surface area contributed by atoms with E-state index in [0.29, 0.717) is 11.4 Å². The molecule has 1 aromatic rings. The van der Waals surface area contributed by atoms with Crippen molar-refractivity contribution in [2.45, 2.75) is 51.5 Å². The highest BCUT2D eigenvalue weighted by atomic mass is 35.5. The highest BCUT2D eigenvalue weighted by Gasteiger charge is 2.33. The average molecular weight is 353 g/mol. The lowest BCUT2D eigenvalue weighted by molar-refractivity contribution is 0.181. The lowest BCUT2D eigenvalue weighted by atomic mass is 9.78. The summed E-state index contributed by atoms with van der Waals surface area (Å²) in [5.74, 6) is 0. The molecule has 1 fully saturated rings. The molecule has 0 amide bonds. The number of thiophene rings is 1. The molecule has 4 nitrogen and oxygen atoms in total. The first kappa shape index (κ1) is 18.9. The van der Waals surface area contributed by atoms with Gasteiger partial charge in [-0.2, -0.15) is 0 Å². The maximum absolute atomic E-state index is 12.4. The van der Waals surface area contributed by atoms with Crippen LogP contribution in [0.5, 0.6) is 0 Å². The van der Waals surface area contributed by atoms with E-state index in [0.717, 1.165) is 29.1 Å². The molecule has 0 aliphatic carbocycles. The van der Waals surface area contributed by atoms with Crippen LogP contribution in [0.15, 0.2) is 11.0 Å². The fourth-order valence-electron chi connectivity index (χ4n) is 2.76. The third-order valence-electron chi connectivity index (χ3n) is 4.09. The van der Waals surface area contributed by atoms with Crippen LogP contribution < -0.4 is 10.0 Å². The van der Waals surface area contributed by atoms with E-state index in [2.05, 4.69) is 23.9 Å². The normalized spacial score (nSPS) is 21.8. The molecule has 2 heterocycles. The third-order valence-corrected chi connectivity index (χ3v) is 6.74. The predicted octanol–water partition coefficient (Wildman–Crippen LogP) is 2.84. The molecule has 122 valence electrons. The van der Waals surface area contributed by atoms with Crippen molar-refractivity contribution in [2.24, 2.45) is 5.41 Å². The van der Waals surface area contributed by atoms with E-state index in [4.69, 9.17) is 0 Å². The summed E-state index contributed by atoms with van der Waals surface area (Å²) < 4.78 is 27.5. The molecule has 1 aliphatic rings. The number of hydrogen-bond acceptors (Lipinski definition) is 4. The van der Waals surface area contributed by atoms with Crippen LogP contribution in [0.2, 0.25) is 0 Å². The maximum atomic E-state index is 12.4. The van der Waals surface area contributed by atoms with Gasteiger partial charge in [-0.25, -0.2) is 13.1 Å². The van der Waals surface area contributed by atoms with E-state index in [1.165, 1.54) is 11.3 Å². The molecular weight excluding hydrogens is 328 g/mol. The van der Waals surface area contributed by atoms with Gasteiger partial charge < -0.3 is 5.32 Å². The van der Waals surface area contributed by atoms with Crippen LogP contribution >= 0.6 is 23.7 Å². The number of halogens is 1. The Morgan fingerprint density at radius 3 is 2.62 bits per heavy atom. The number of nitrogens with one attached hydrogen (secondary N) is 2. The third kappa shape index (κ3) is 4.42. The summed E-state index contributed by atoms with van der Waals surface area (Å²) in [7, 11) is -3.40. The smallest absolute Gasteiger partial charge is 0.241 e. The van der Waals surface area contributed by atoms with Crippen molar-refractivity contribution in [2.75, 3.05) is 13.1 Å². The number of aryl methyl sites for hydroxylation is 2. The van der Waals surface area contributed by atoms with Gasteiger partial charge in [-0.15, -0.1) is 23.7 Å². The van der Waals surface area contributed by atoms with Gasteiger partial charge in [0.1, 0.15) is 0 Å². The van der Waals surface area contributed by atoms with Gasteiger partial charge >= 0.3 is 0 Å². The second-order valence-electron chi connectivity index (χ2n) is 6.23. The minimum absolute atomic E-state index is 0. The molecule has 0 bridgehead atoms. The molecule has 0 spiro atoms. The Morgan fingerprint density at radius 2 is 2.10 bits per heavy atom. The molecule has 1 aliphatic heterocycles. The Morgan fingerprint density at radius 1 is 1.43 bits per heavy atom. The summed E-state index contributed by atoms with van der Waals surface area (Å²) in [5.41, 5.74) is 0.125. The van der Waals surface area contributed by atoms with Crippen LogP contribution in [0.1, 0.15) is 36.4 Å². The maximum Gasteiger partial charge on any atom is 0.241 e. The average Bonchev–Trinajstić information content (AvgIpc) is 2.67. The minimum Gasteiger partial charge on any atom is -0.312 e. The molecule has 2 N–H and O–H groups in total. The Kier molecular flexibility index (Phi) is 6.27. The summed E-state index contributed by atoms with van der Waals surface area (Å²) in [6.07, 6.45) is 2.28. The molecule has 1 aromatic heterocycles. The fraction of sp³-hybridized carbons (Fsp3) is 0.714. The van der Waals surface area contributed by atoms with Gasteiger partial charge in [0, 0.05) is 22.3 Å². The number of hydrogen-bond donors (Lipinski definition) is 2. The molecule has 1 saturated heterocycles. The zero-order valence-corrected chi connectivity index (χ0v) is 15.5. The Bertz CT molecular complexity index is 582. The Hall–Kier alpha value is -0.140. The predicted molar refractivity (Wildman–Crippen MR) is 91.0 cm³/mol. The standard InChI is InChI=1S/C14H24N2O2S2.ClH/c1-10-8-12(11(2)19-10)20(17,18)16-9-13-14(3,4)6-5-7-15-13;/h8,13,15-16H,5-7,9H2,1-4H3;1H. The summed E-state index contributed by atoms with van der Waals surface area (Å²) >= 11 is 1.52. The molecule has 2 rings (SSSR count). The van der Waals surface area contributed by atoms with E-state index in [1.54, 1.807) is 6.07 Å². The zero-order valence-electron chi connectivity index (χ0n) is 13.0. The van der Waals surface area contributed by atoms with Gasteiger partial charge in [-0.3, -0.25) is 0 Å². The van der Waals surface area contributed by atoms with Crippen molar-refractivity contribution in [3.05, 3.63) is 15.8 Å². The van der Waals surface area contributed by atoms with Crippen molar-refractivity contribution in [3.63, 3.8) is 0 Å². The van der Waals surface area contributed by atoms with E-state index in [1.807, 2.05) is 13.8 Å². The SMILES string of the molecule is Cc1cc(S(=O)(=O)NCC2NCCCC2(C)C)c(C)s1.Cl. The van der Waals surface area contributed by atoms with Crippen molar-refractivity contribution in [1.29, 1.82) is 0 Å². The highest BCUT2D eigenvalue weighted by Crippen LogP contribution is 2.30. The first-order valence-electron chi connectivity index (χ1n) is 7.02. The van der Waals surface area contributed by atoms with Crippen molar-refractivity contribution >= 4 is 33.8 Å². The topological polar surface area (TPSA) is 58.2 Å². The van der Waals surface area contributed by atoms with Crippen LogP contribution in [0.3, 0.4) is 0 Å². The lowest BCUT2D eigenvalue weighted by Gasteiger charge is -2.39. The minimum atomic E-state index is -3.40. The molecule has 0 radical (unpaired) electrons. The first-order valence-corrected chi connectivity index (χ1v) is 9.32. The number of sulfonamides is 1. The molecule has 21 heavy (non-hydrogen) atoms. The van der Waals surface area contributed by atoms with E-state index >= 15 is 0 Å². The monoisotopic (exact) mass is 352 g/mol. The van der Waals surface area contributed by atoms with Gasteiger partial charge in [-0.1, -0.05) is 13.8 Å². The van der Waals surface area contributed by atoms with Gasteiger partial charge in [-0.05, 0) is 44.7 Å². The highest BCUT2D eigenvalue weighted by molar-refractivity contribution is 7.89. The summed E-state index contributed by atoms with van der Waals surface area (Å²) in [6.45, 7) is 9.59. The molecule has 0 aromatic carbocycles. The van der Waals surface area contributed by atoms with Crippen LogP contribution in [-0.4, -0.2) is 27.5 Å². The zero-order chi connectivity index (χ0) is 15.0. The van der Waals surface area contributed by atoms with Crippen LogP contribution in [0.25, 0.3) is 0 Å². The molecule has 0 saturated carbocycles. The Labute approximate surface area is 138 Å². The first-order chi connectivity index (χ1) is 9.22. The van der Waals surface area contributed by atoms with Gasteiger partial charge in [0.25, 0.3) is 0 Å². The largest absolute Gasteiger partial charge is 0.312 e. The summed E-state index contributed by atoms with van der Waals surface area (Å²) in [6, 6.07) is 1.94. The molecule has 1 unspecified atom stereocenters. The van der Waals surface area contributed by atoms with Crippen molar-refractivity contribution < 1.29 is 8.42 Å². The summed E-state index contributed by atoms with van der Waals surface area (Å²) in [4.78, 5) is 2.30. The van der Waals surface area contributed by atoms with Gasteiger partial charge in [0.15, 0.2) is 0 Å². The molecule has 1 atom stereocenters. The van der Waals surface area contributed by atoms with Crippen LogP contribution in [0.4, 0.5) is 0 Å². The lowest BCUT2D eigenvalue weighted by Crippen LogP contribution is -2.52. The van der Waals surface area contributed by atoms with Crippen LogP contribution in [0, 0.1) is 19.3 Å². The van der Waals surface area contributed by atoms with Gasteiger partial charge in [0.05, 0.1) is 4.90 Å². The van der Waals surface area contributed by atoms with Crippen molar-refractivity contribution in [1.82, 2.24) is 10.0 Å². The van der Waals surface area contributed by atoms with Crippen LogP contribution in [-0.2, 0) is 10.0 Å².